The third-order valence-corrected chi connectivity index (χ3v) is 3.29. The maximum Gasteiger partial charge on any atom is 0.224 e. The zero-order valence-electron chi connectivity index (χ0n) is 13.7. The van der Waals surface area contributed by atoms with Crippen molar-refractivity contribution in [3.8, 4) is 11.5 Å². The minimum absolute atomic E-state index is 0.00384. The van der Waals surface area contributed by atoms with Gasteiger partial charge in [0.2, 0.25) is 5.91 Å². The molecule has 0 saturated carbocycles. The second-order valence-electron chi connectivity index (χ2n) is 5.27. The summed E-state index contributed by atoms with van der Waals surface area (Å²) >= 11 is 0. The van der Waals surface area contributed by atoms with E-state index in [1.54, 1.807) is 0 Å². The Morgan fingerprint density at radius 1 is 0.957 bits per heavy atom. The van der Waals surface area contributed by atoms with Gasteiger partial charge < -0.3 is 14.8 Å². The van der Waals surface area contributed by atoms with Gasteiger partial charge in [0.15, 0.2) is 0 Å². The molecular formula is C19H23NO3. The molecule has 0 aliphatic carbocycles. The Morgan fingerprint density at radius 2 is 1.57 bits per heavy atom. The third kappa shape index (κ3) is 6.02. The van der Waals surface area contributed by atoms with Gasteiger partial charge in [0.25, 0.3) is 0 Å². The molecule has 2 aromatic rings. The summed E-state index contributed by atoms with van der Waals surface area (Å²) in [4.78, 5) is 11.8. The molecule has 23 heavy (non-hydrogen) atoms. The number of benzene rings is 2. The van der Waals surface area contributed by atoms with Gasteiger partial charge >= 0.3 is 0 Å². The largest absolute Gasteiger partial charge is 0.494 e. The van der Waals surface area contributed by atoms with Crippen molar-refractivity contribution in [3.05, 3.63) is 54.1 Å². The van der Waals surface area contributed by atoms with Gasteiger partial charge in [0, 0.05) is 12.1 Å². The summed E-state index contributed by atoms with van der Waals surface area (Å²) in [6.45, 7) is 5.13. The van der Waals surface area contributed by atoms with Crippen LogP contribution in [-0.4, -0.2) is 19.1 Å². The molecular weight excluding hydrogens is 290 g/mol. The van der Waals surface area contributed by atoms with Gasteiger partial charge in [0.05, 0.1) is 13.2 Å². The average Bonchev–Trinajstić information content (AvgIpc) is 2.55. The summed E-state index contributed by atoms with van der Waals surface area (Å²) in [5.41, 5.74) is 2.00. The van der Waals surface area contributed by atoms with Crippen LogP contribution < -0.4 is 14.8 Å². The van der Waals surface area contributed by atoms with Crippen LogP contribution in [0.4, 0.5) is 5.69 Å². The van der Waals surface area contributed by atoms with Crippen molar-refractivity contribution in [2.24, 2.45) is 0 Å². The molecule has 2 aromatic carbocycles. The van der Waals surface area contributed by atoms with Crippen LogP contribution in [0.15, 0.2) is 48.5 Å². The number of carbonyl (C=O) groups is 1. The van der Waals surface area contributed by atoms with Crippen LogP contribution in [0, 0.1) is 6.92 Å². The molecule has 2 rings (SSSR count). The SMILES string of the molecule is CCOc1ccc(OCCCC(=O)Nc2ccc(C)cc2)cc1. The number of nitrogens with one attached hydrogen (secondary N) is 1. The molecule has 0 unspecified atom stereocenters. The summed E-state index contributed by atoms with van der Waals surface area (Å²) < 4.78 is 11.0. The highest BCUT2D eigenvalue weighted by Gasteiger charge is 2.03. The number of anilines is 1. The van der Waals surface area contributed by atoms with Crippen LogP contribution in [0.2, 0.25) is 0 Å². The van der Waals surface area contributed by atoms with E-state index >= 15 is 0 Å². The van der Waals surface area contributed by atoms with Gasteiger partial charge in [-0.05, 0) is 56.7 Å². The normalized spacial score (nSPS) is 10.2. The fourth-order valence-corrected chi connectivity index (χ4v) is 2.08. The van der Waals surface area contributed by atoms with Crippen LogP contribution in [0.3, 0.4) is 0 Å². The zero-order valence-corrected chi connectivity index (χ0v) is 13.7. The first-order chi connectivity index (χ1) is 11.2. The van der Waals surface area contributed by atoms with Gasteiger partial charge in [-0.25, -0.2) is 0 Å². The van der Waals surface area contributed by atoms with E-state index in [0.717, 1.165) is 17.2 Å². The summed E-state index contributed by atoms with van der Waals surface area (Å²) in [5.74, 6) is 1.62. The van der Waals surface area contributed by atoms with Crippen LogP contribution in [-0.2, 0) is 4.79 Å². The van der Waals surface area contributed by atoms with E-state index in [1.165, 1.54) is 5.56 Å². The second kappa shape index (κ2) is 8.83. The molecule has 0 spiro atoms. The molecule has 0 saturated heterocycles. The summed E-state index contributed by atoms with van der Waals surface area (Å²) in [6.07, 6.45) is 1.11. The number of rotatable bonds is 8. The molecule has 0 aromatic heterocycles. The van der Waals surface area contributed by atoms with Crippen molar-refractivity contribution in [3.63, 3.8) is 0 Å². The molecule has 0 fully saturated rings. The summed E-state index contributed by atoms with van der Waals surface area (Å²) in [7, 11) is 0. The third-order valence-electron chi connectivity index (χ3n) is 3.29. The van der Waals surface area contributed by atoms with Crippen molar-refractivity contribution in [2.75, 3.05) is 18.5 Å². The first kappa shape index (κ1) is 16.9. The topological polar surface area (TPSA) is 47.6 Å². The van der Waals surface area contributed by atoms with Crippen LogP contribution in [0.1, 0.15) is 25.3 Å². The average molecular weight is 313 g/mol. The first-order valence-electron chi connectivity index (χ1n) is 7.89. The molecule has 122 valence electrons. The second-order valence-corrected chi connectivity index (χ2v) is 5.27. The number of carbonyl (C=O) groups excluding carboxylic acids is 1. The molecule has 1 N–H and O–H groups in total. The molecule has 0 atom stereocenters. The Labute approximate surface area is 137 Å². The van der Waals surface area contributed by atoms with Gasteiger partial charge in [-0.2, -0.15) is 0 Å². The quantitative estimate of drug-likeness (QED) is 0.743. The molecule has 0 aliphatic heterocycles. The van der Waals surface area contributed by atoms with Crippen molar-refractivity contribution in [1.82, 2.24) is 0 Å². The van der Waals surface area contributed by atoms with Crippen LogP contribution >= 0.6 is 0 Å². The molecule has 0 radical (unpaired) electrons. The summed E-state index contributed by atoms with van der Waals surface area (Å²) in [6, 6.07) is 15.3. The summed E-state index contributed by atoms with van der Waals surface area (Å²) in [5, 5.41) is 2.88. The number of hydrogen-bond donors (Lipinski definition) is 1. The lowest BCUT2D eigenvalue weighted by Gasteiger charge is -2.08. The van der Waals surface area contributed by atoms with E-state index in [1.807, 2.05) is 62.4 Å². The van der Waals surface area contributed by atoms with Crippen molar-refractivity contribution < 1.29 is 14.3 Å². The zero-order chi connectivity index (χ0) is 16.5. The minimum atomic E-state index is 0.00384. The Bertz CT molecular complexity index is 606. The highest BCUT2D eigenvalue weighted by molar-refractivity contribution is 5.90. The lowest BCUT2D eigenvalue weighted by molar-refractivity contribution is -0.116. The maximum absolute atomic E-state index is 11.8. The van der Waals surface area contributed by atoms with E-state index in [4.69, 9.17) is 9.47 Å². The van der Waals surface area contributed by atoms with Gasteiger partial charge in [-0.3, -0.25) is 4.79 Å². The van der Waals surface area contributed by atoms with Crippen molar-refractivity contribution in [1.29, 1.82) is 0 Å². The van der Waals surface area contributed by atoms with E-state index in [9.17, 15) is 4.79 Å². The lowest BCUT2D eigenvalue weighted by atomic mass is 10.2. The lowest BCUT2D eigenvalue weighted by Crippen LogP contribution is -2.12. The number of hydrogen-bond acceptors (Lipinski definition) is 3. The Morgan fingerprint density at radius 3 is 2.17 bits per heavy atom. The predicted molar refractivity (Wildman–Crippen MR) is 92.1 cm³/mol. The van der Waals surface area contributed by atoms with E-state index in [0.29, 0.717) is 26.1 Å². The number of amides is 1. The van der Waals surface area contributed by atoms with Crippen molar-refractivity contribution in [2.45, 2.75) is 26.7 Å². The first-order valence-corrected chi connectivity index (χ1v) is 7.89. The van der Waals surface area contributed by atoms with Gasteiger partial charge in [-0.15, -0.1) is 0 Å². The fourth-order valence-electron chi connectivity index (χ4n) is 2.08. The molecule has 0 bridgehead atoms. The minimum Gasteiger partial charge on any atom is -0.494 e. The van der Waals surface area contributed by atoms with Crippen LogP contribution in [0.5, 0.6) is 11.5 Å². The predicted octanol–water partition coefficient (Wildman–Crippen LogP) is 4.19. The number of aryl methyl sites for hydroxylation is 1. The number of ether oxygens (including phenoxy) is 2. The highest BCUT2D eigenvalue weighted by Crippen LogP contribution is 2.17. The Hall–Kier alpha value is -2.49. The van der Waals surface area contributed by atoms with Gasteiger partial charge in [0.1, 0.15) is 11.5 Å². The smallest absolute Gasteiger partial charge is 0.224 e. The van der Waals surface area contributed by atoms with E-state index < -0.39 is 0 Å². The fraction of sp³-hybridized carbons (Fsp3) is 0.316. The highest BCUT2D eigenvalue weighted by atomic mass is 16.5. The monoisotopic (exact) mass is 313 g/mol. The van der Waals surface area contributed by atoms with Crippen molar-refractivity contribution >= 4 is 11.6 Å². The standard InChI is InChI=1S/C19H23NO3/c1-3-22-17-10-12-18(13-11-17)23-14-4-5-19(21)20-16-8-6-15(2)7-9-16/h6-13H,3-5,14H2,1-2H3,(H,20,21). The maximum atomic E-state index is 11.8. The molecule has 0 aliphatic rings. The molecule has 4 nitrogen and oxygen atoms in total. The Balaban J connectivity index is 1.66. The van der Waals surface area contributed by atoms with E-state index in [-0.39, 0.29) is 5.91 Å². The Kier molecular flexibility index (Phi) is 6.48. The van der Waals surface area contributed by atoms with E-state index in [2.05, 4.69) is 5.32 Å². The molecule has 1 amide bonds. The van der Waals surface area contributed by atoms with Gasteiger partial charge in [-0.1, -0.05) is 17.7 Å². The molecule has 4 heteroatoms. The molecule has 0 heterocycles. The van der Waals surface area contributed by atoms with Crippen LogP contribution in [0.25, 0.3) is 0 Å².